The third-order valence-corrected chi connectivity index (χ3v) is 6.20. The van der Waals surface area contributed by atoms with Gasteiger partial charge in [-0.1, -0.05) is 98.7 Å². The monoisotopic (exact) mass is 387 g/mol. The lowest BCUT2D eigenvalue weighted by atomic mass is 9.94. The molecular weight excluding hydrogens is 350 g/mol. The number of nitrogens with zero attached hydrogens (tertiary/aromatic N) is 1. The Bertz CT molecular complexity index is 841. The molecule has 0 saturated carbocycles. The standard InChI is InChI=1S/C28H37N/c1-6-7-8-9-10-11-20-29-23(4)27(25-16-12-21(2)13-17-25)28(24(29)5)26-18-14-22(3)15-19-26/h12-19H,6-11,20H2,1-5H3. The van der Waals surface area contributed by atoms with Gasteiger partial charge >= 0.3 is 0 Å². The van der Waals surface area contributed by atoms with Crippen LogP contribution in [0.3, 0.4) is 0 Å². The molecule has 29 heavy (non-hydrogen) atoms. The SMILES string of the molecule is CCCCCCCCn1c(C)c(-c2ccc(C)cc2)c(-c2ccc(C)cc2)c1C. The molecule has 0 bridgehead atoms. The average Bonchev–Trinajstić information content (AvgIpc) is 2.96. The lowest BCUT2D eigenvalue weighted by Gasteiger charge is -2.10. The average molecular weight is 388 g/mol. The van der Waals surface area contributed by atoms with Crippen molar-refractivity contribution in [2.24, 2.45) is 0 Å². The zero-order valence-electron chi connectivity index (χ0n) is 19.0. The molecule has 0 fully saturated rings. The Morgan fingerprint density at radius 2 is 0.966 bits per heavy atom. The second-order valence-corrected chi connectivity index (χ2v) is 8.57. The molecule has 0 aliphatic carbocycles. The Balaban J connectivity index is 1.96. The van der Waals surface area contributed by atoms with Crippen LogP contribution in [0.2, 0.25) is 0 Å². The fraction of sp³-hybridized carbons (Fsp3) is 0.429. The normalized spacial score (nSPS) is 11.2. The summed E-state index contributed by atoms with van der Waals surface area (Å²) in [6.07, 6.45) is 8.02. The predicted octanol–water partition coefficient (Wildman–Crippen LogP) is 8.42. The minimum Gasteiger partial charge on any atom is -0.348 e. The first kappa shape index (κ1) is 21.4. The first-order chi connectivity index (χ1) is 14.0. The van der Waals surface area contributed by atoms with Crippen molar-refractivity contribution in [3.05, 3.63) is 71.0 Å². The summed E-state index contributed by atoms with van der Waals surface area (Å²) < 4.78 is 2.56. The zero-order chi connectivity index (χ0) is 20.8. The van der Waals surface area contributed by atoms with Crippen LogP contribution in [-0.2, 0) is 6.54 Å². The van der Waals surface area contributed by atoms with Crippen LogP contribution < -0.4 is 0 Å². The molecule has 1 heterocycles. The molecular formula is C28H37N. The van der Waals surface area contributed by atoms with Gasteiger partial charge in [0.15, 0.2) is 0 Å². The van der Waals surface area contributed by atoms with Crippen LogP contribution >= 0.6 is 0 Å². The number of hydrogen-bond acceptors (Lipinski definition) is 0. The Hall–Kier alpha value is -2.28. The number of aromatic nitrogens is 1. The van der Waals surface area contributed by atoms with Crippen molar-refractivity contribution >= 4 is 0 Å². The Morgan fingerprint density at radius 3 is 1.41 bits per heavy atom. The molecule has 3 aromatic rings. The minimum atomic E-state index is 1.12. The molecule has 1 heteroatoms. The lowest BCUT2D eigenvalue weighted by Crippen LogP contribution is -2.03. The summed E-state index contributed by atoms with van der Waals surface area (Å²) in [5, 5.41) is 0. The molecule has 0 aliphatic heterocycles. The summed E-state index contributed by atoms with van der Waals surface area (Å²) in [4.78, 5) is 0. The van der Waals surface area contributed by atoms with Gasteiger partial charge in [-0.3, -0.25) is 0 Å². The van der Waals surface area contributed by atoms with E-state index in [1.165, 1.54) is 83.3 Å². The summed E-state index contributed by atoms with van der Waals surface area (Å²) in [6.45, 7) is 12.3. The van der Waals surface area contributed by atoms with Crippen molar-refractivity contribution in [1.29, 1.82) is 0 Å². The second-order valence-electron chi connectivity index (χ2n) is 8.57. The first-order valence-corrected chi connectivity index (χ1v) is 11.4. The number of aryl methyl sites for hydroxylation is 2. The summed E-state index contributed by atoms with van der Waals surface area (Å²) in [6, 6.07) is 18.0. The molecule has 2 aromatic carbocycles. The topological polar surface area (TPSA) is 4.93 Å². The first-order valence-electron chi connectivity index (χ1n) is 11.4. The van der Waals surface area contributed by atoms with Crippen molar-refractivity contribution in [1.82, 2.24) is 4.57 Å². The summed E-state index contributed by atoms with van der Waals surface area (Å²) >= 11 is 0. The Morgan fingerprint density at radius 1 is 0.552 bits per heavy atom. The summed E-state index contributed by atoms with van der Waals surface area (Å²) in [5.41, 5.74) is 10.9. The Kier molecular flexibility index (Phi) is 7.36. The third kappa shape index (κ3) is 5.01. The van der Waals surface area contributed by atoms with Crippen molar-refractivity contribution in [3.63, 3.8) is 0 Å². The van der Waals surface area contributed by atoms with Gasteiger partial charge in [0.1, 0.15) is 0 Å². The minimum absolute atomic E-state index is 1.12. The second kappa shape index (κ2) is 9.96. The number of hydrogen-bond donors (Lipinski definition) is 0. The highest BCUT2D eigenvalue weighted by atomic mass is 15.0. The Labute approximate surface area is 177 Å². The molecule has 0 radical (unpaired) electrons. The van der Waals surface area contributed by atoms with Gasteiger partial charge in [-0.05, 0) is 45.2 Å². The van der Waals surface area contributed by atoms with E-state index in [0.29, 0.717) is 0 Å². The molecule has 1 aromatic heterocycles. The van der Waals surface area contributed by atoms with E-state index in [1.807, 2.05) is 0 Å². The van der Waals surface area contributed by atoms with Crippen LogP contribution in [0, 0.1) is 27.7 Å². The number of unbranched alkanes of at least 4 members (excludes halogenated alkanes) is 5. The van der Waals surface area contributed by atoms with E-state index in [1.54, 1.807) is 0 Å². The molecule has 0 unspecified atom stereocenters. The molecule has 0 saturated heterocycles. The van der Waals surface area contributed by atoms with E-state index >= 15 is 0 Å². The maximum atomic E-state index is 2.56. The van der Waals surface area contributed by atoms with E-state index in [4.69, 9.17) is 0 Å². The highest BCUT2D eigenvalue weighted by Crippen LogP contribution is 2.40. The van der Waals surface area contributed by atoms with Crippen LogP contribution in [0.4, 0.5) is 0 Å². The van der Waals surface area contributed by atoms with E-state index < -0.39 is 0 Å². The molecule has 0 aliphatic rings. The van der Waals surface area contributed by atoms with Gasteiger partial charge in [0, 0.05) is 29.1 Å². The maximum absolute atomic E-state index is 2.56. The summed E-state index contributed by atoms with van der Waals surface area (Å²) in [7, 11) is 0. The van der Waals surface area contributed by atoms with Crippen LogP contribution in [0.1, 0.15) is 68.0 Å². The van der Waals surface area contributed by atoms with Gasteiger partial charge in [-0.2, -0.15) is 0 Å². The number of rotatable bonds is 9. The van der Waals surface area contributed by atoms with Gasteiger partial charge in [-0.15, -0.1) is 0 Å². The highest BCUT2D eigenvalue weighted by Gasteiger charge is 2.20. The van der Waals surface area contributed by atoms with Crippen LogP contribution in [0.5, 0.6) is 0 Å². The van der Waals surface area contributed by atoms with Gasteiger partial charge in [0.05, 0.1) is 0 Å². The van der Waals surface area contributed by atoms with Crippen molar-refractivity contribution in [2.75, 3.05) is 0 Å². The third-order valence-electron chi connectivity index (χ3n) is 6.20. The molecule has 0 spiro atoms. The van der Waals surface area contributed by atoms with Crippen LogP contribution in [-0.4, -0.2) is 4.57 Å². The molecule has 154 valence electrons. The lowest BCUT2D eigenvalue weighted by molar-refractivity contribution is 0.548. The molecule has 3 rings (SSSR count). The molecule has 0 atom stereocenters. The highest BCUT2D eigenvalue weighted by molar-refractivity contribution is 5.87. The van der Waals surface area contributed by atoms with Gasteiger partial charge in [-0.25, -0.2) is 0 Å². The van der Waals surface area contributed by atoms with E-state index in [0.717, 1.165) is 6.54 Å². The fourth-order valence-electron chi connectivity index (χ4n) is 4.42. The molecule has 0 N–H and O–H groups in total. The van der Waals surface area contributed by atoms with Crippen LogP contribution in [0.25, 0.3) is 22.3 Å². The number of benzene rings is 2. The van der Waals surface area contributed by atoms with Crippen molar-refractivity contribution < 1.29 is 0 Å². The zero-order valence-corrected chi connectivity index (χ0v) is 19.0. The van der Waals surface area contributed by atoms with Gasteiger partial charge in [0.2, 0.25) is 0 Å². The van der Waals surface area contributed by atoms with Crippen LogP contribution in [0.15, 0.2) is 48.5 Å². The van der Waals surface area contributed by atoms with E-state index in [2.05, 4.69) is 87.7 Å². The van der Waals surface area contributed by atoms with Gasteiger partial charge < -0.3 is 4.57 Å². The molecule has 0 amide bonds. The van der Waals surface area contributed by atoms with E-state index in [-0.39, 0.29) is 0 Å². The largest absolute Gasteiger partial charge is 0.348 e. The predicted molar refractivity (Wildman–Crippen MR) is 128 cm³/mol. The quantitative estimate of drug-likeness (QED) is 0.325. The van der Waals surface area contributed by atoms with Gasteiger partial charge in [0.25, 0.3) is 0 Å². The molecule has 1 nitrogen and oxygen atoms in total. The summed E-state index contributed by atoms with van der Waals surface area (Å²) in [5.74, 6) is 0. The smallest absolute Gasteiger partial charge is 0.0231 e. The van der Waals surface area contributed by atoms with E-state index in [9.17, 15) is 0 Å². The van der Waals surface area contributed by atoms with Crippen molar-refractivity contribution in [3.8, 4) is 22.3 Å². The van der Waals surface area contributed by atoms with Crippen molar-refractivity contribution in [2.45, 2.75) is 79.7 Å². The maximum Gasteiger partial charge on any atom is 0.0231 e. The fourth-order valence-corrected chi connectivity index (χ4v) is 4.42.